The number of nitrogens with zero attached hydrogens (tertiary/aromatic N) is 3. The van der Waals surface area contributed by atoms with E-state index in [4.69, 9.17) is 4.74 Å². The first-order valence-electron chi connectivity index (χ1n) is 11.3. The van der Waals surface area contributed by atoms with E-state index < -0.39 is 23.6 Å². The fourth-order valence-corrected chi connectivity index (χ4v) is 5.14. The molecule has 1 aliphatic rings. The summed E-state index contributed by atoms with van der Waals surface area (Å²) < 4.78 is 44.5. The van der Waals surface area contributed by atoms with Gasteiger partial charge in [0.1, 0.15) is 16.8 Å². The number of aromatic nitrogens is 3. The number of esters is 1. The molecular weight excluding hydrogens is 481 g/mol. The number of benzene rings is 1. The van der Waals surface area contributed by atoms with Gasteiger partial charge in [-0.3, -0.25) is 4.79 Å². The molecule has 186 valence electrons. The zero-order chi connectivity index (χ0) is 25.2. The van der Waals surface area contributed by atoms with Crippen molar-refractivity contribution in [3.05, 3.63) is 52.9 Å². The Morgan fingerprint density at radius 3 is 2.83 bits per heavy atom. The van der Waals surface area contributed by atoms with Gasteiger partial charge in [0.25, 0.3) is 0 Å². The molecule has 2 unspecified atom stereocenters. The minimum absolute atomic E-state index is 0.168. The molecule has 2 N–H and O–H groups in total. The van der Waals surface area contributed by atoms with Gasteiger partial charge in [-0.2, -0.15) is 13.2 Å². The Bertz CT molecular complexity index is 1220. The molecule has 2 atom stereocenters. The number of alkyl halides is 3. The number of aliphatic hydroxyl groups is 1. The Labute approximate surface area is 204 Å². The Morgan fingerprint density at radius 2 is 2.09 bits per heavy atom. The van der Waals surface area contributed by atoms with Crippen LogP contribution in [-0.4, -0.2) is 32.1 Å². The van der Waals surface area contributed by atoms with Gasteiger partial charge in [0.15, 0.2) is 5.60 Å². The molecule has 0 saturated heterocycles. The van der Waals surface area contributed by atoms with Crippen molar-refractivity contribution in [3.63, 3.8) is 0 Å². The lowest BCUT2D eigenvalue weighted by Crippen LogP contribution is -2.44. The zero-order valence-electron chi connectivity index (χ0n) is 19.2. The molecule has 0 spiro atoms. The van der Waals surface area contributed by atoms with Crippen molar-refractivity contribution in [2.45, 2.75) is 63.8 Å². The third kappa shape index (κ3) is 5.62. The number of rotatable bonds is 6. The minimum atomic E-state index is -4.57. The molecule has 1 fully saturated rings. The van der Waals surface area contributed by atoms with Crippen molar-refractivity contribution in [1.82, 2.24) is 15.0 Å². The van der Waals surface area contributed by atoms with Gasteiger partial charge in [0.2, 0.25) is 5.95 Å². The number of aryl methyl sites for hydroxylation is 1. The standard InChI is InChI=1S/C24H25F3N4O3S/c1-3-20(32)34-19-6-4-5-8-23(19,33)21-29-13-17(35-21)15-10-14(2)11-16(12-15)30-22-28-9-7-18(31-22)24(25,26)27/h7,9-13,19,33H,3-6,8H2,1-2H3,(H,28,30,31). The van der Waals surface area contributed by atoms with Crippen LogP contribution < -0.4 is 5.32 Å². The molecule has 0 aliphatic heterocycles. The number of hydrogen-bond acceptors (Lipinski definition) is 8. The highest BCUT2D eigenvalue weighted by Gasteiger charge is 2.45. The van der Waals surface area contributed by atoms with Crippen LogP contribution in [-0.2, 0) is 21.3 Å². The normalized spacial score (nSPS) is 20.5. The van der Waals surface area contributed by atoms with Crippen LogP contribution in [0.25, 0.3) is 10.4 Å². The molecule has 2 heterocycles. The van der Waals surface area contributed by atoms with Crippen molar-refractivity contribution in [1.29, 1.82) is 0 Å². The van der Waals surface area contributed by atoms with Gasteiger partial charge in [-0.1, -0.05) is 13.0 Å². The van der Waals surface area contributed by atoms with Crippen molar-refractivity contribution in [2.24, 2.45) is 0 Å². The minimum Gasteiger partial charge on any atom is -0.459 e. The summed E-state index contributed by atoms with van der Waals surface area (Å²) in [7, 11) is 0. The third-order valence-electron chi connectivity index (χ3n) is 5.81. The van der Waals surface area contributed by atoms with E-state index in [9.17, 15) is 23.1 Å². The van der Waals surface area contributed by atoms with Crippen LogP contribution in [0.5, 0.6) is 0 Å². The van der Waals surface area contributed by atoms with E-state index in [1.54, 1.807) is 25.3 Å². The maximum Gasteiger partial charge on any atom is 0.433 e. The monoisotopic (exact) mass is 506 g/mol. The van der Waals surface area contributed by atoms with Gasteiger partial charge in [-0.15, -0.1) is 11.3 Å². The maximum atomic E-state index is 13.0. The summed E-state index contributed by atoms with van der Waals surface area (Å²) in [5.74, 6) is -0.531. The fraction of sp³-hybridized carbons (Fsp3) is 0.417. The van der Waals surface area contributed by atoms with Crippen molar-refractivity contribution < 1.29 is 27.8 Å². The average molecular weight is 507 g/mol. The van der Waals surface area contributed by atoms with Gasteiger partial charge in [0, 0.05) is 24.5 Å². The van der Waals surface area contributed by atoms with Crippen LogP contribution in [0.1, 0.15) is 55.3 Å². The van der Waals surface area contributed by atoms with Gasteiger partial charge >= 0.3 is 12.1 Å². The van der Waals surface area contributed by atoms with Crippen LogP contribution in [0.2, 0.25) is 0 Å². The quantitative estimate of drug-likeness (QED) is 0.411. The van der Waals surface area contributed by atoms with Crippen molar-refractivity contribution in [2.75, 3.05) is 5.32 Å². The van der Waals surface area contributed by atoms with E-state index in [2.05, 4.69) is 20.3 Å². The number of thiazole rings is 1. The summed E-state index contributed by atoms with van der Waals surface area (Å²) in [4.78, 5) is 24.6. The highest BCUT2D eigenvalue weighted by molar-refractivity contribution is 7.15. The van der Waals surface area contributed by atoms with E-state index in [0.29, 0.717) is 23.5 Å². The van der Waals surface area contributed by atoms with Gasteiger partial charge < -0.3 is 15.2 Å². The second kappa shape index (κ2) is 9.90. The lowest BCUT2D eigenvalue weighted by atomic mass is 9.82. The number of halogens is 3. The maximum absolute atomic E-state index is 13.0. The van der Waals surface area contributed by atoms with Crippen LogP contribution in [0.4, 0.5) is 24.8 Å². The van der Waals surface area contributed by atoms with Crippen LogP contribution in [0, 0.1) is 6.92 Å². The third-order valence-corrected chi connectivity index (χ3v) is 7.02. The number of carbonyl (C=O) groups excluding carboxylic acids is 1. The molecule has 1 aromatic carbocycles. The summed E-state index contributed by atoms with van der Waals surface area (Å²) in [6, 6.07) is 6.25. The molecule has 1 saturated carbocycles. The number of carbonyl (C=O) groups is 1. The summed E-state index contributed by atoms with van der Waals surface area (Å²) in [5.41, 5.74) is -0.250. The Morgan fingerprint density at radius 1 is 1.29 bits per heavy atom. The SMILES string of the molecule is CCC(=O)OC1CCCCC1(O)c1ncc(-c2cc(C)cc(Nc3nccc(C(F)(F)F)n3)c2)s1. The highest BCUT2D eigenvalue weighted by atomic mass is 32.1. The molecule has 4 rings (SSSR count). The molecular formula is C24H25F3N4O3S. The van der Waals surface area contributed by atoms with Crippen LogP contribution >= 0.6 is 11.3 Å². The fourth-order valence-electron chi connectivity index (χ4n) is 4.08. The molecule has 0 amide bonds. The second-order valence-electron chi connectivity index (χ2n) is 8.51. The Kier molecular flexibility index (Phi) is 7.09. The van der Waals surface area contributed by atoms with Gasteiger partial charge in [0.05, 0.1) is 4.88 Å². The lowest BCUT2D eigenvalue weighted by molar-refractivity contribution is -0.173. The smallest absolute Gasteiger partial charge is 0.433 e. The Hall–Kier alpha value is -3.05. The Balaban J connectivity index is 1.60. The molecule has 7 nitrogen and oxygen atoms in total. The zero-order valence-corrected chi connectivity index (χ0v) is 20.0. The summed E-state index contributed by atoms with van der Waals surface area (Å²) in [5, 5.41) is 14.8. The number of hydrogen-bond donors (Lipinski definition) is 2. The molecule has 1 aliphatic carbocycles. The summed E-state index contributed by atoms with van der Waals surface area (Å²) >= 11 is 1.30. The van der Waals surface area contributed by atoms with E-state index in [1.165, 1.54) is 11.3 Å². The first kappa shape index (κ1) is 25.1. The average Bonchev–Trinajstić information content (AvgIpc) is 3.31. The predicted octanol–water partition coefficient (Wildman–Crippen LogP) is 5.75. The number of nitrogens with one attached hydrogen (secondary N) is 1. The van der Waals surface area contributed by atoms with Crippen molar-refractivity contribution in [3.8, 4) is 10.4 Å². The molecule has 2 aromatic heterocycles. The van der Waals surface area contributed by atoms with Gasteiger partial charge in [-0.25, -0.2) is 15.0 Å². The topological polar surface area (TPSA) is 97.2 Å². The van der Waals surface area contributed by atoms with E-state index in [0.717, 1.165) is 41.1 Å². The van der Waals surface area contributed by atoms with Crippen molar-refractivity contribution >= 4 is 28.9 Å². The predicted molar refractivity (Wildman–Crippen MR) is 125 cm³/mol. The first-order chi connectivity index (χ1) is 16.6. The largest absolute Gasteiger partial charge is 0.459 e. The highest BCUT2D eigenvalue weighted by Crippen LogP contribution is 2.43. The number of ether oxygens (including phenoxy) is 1. The summed E-state index contributed by atoms with van der Waals surface area (Å²) in [6.45, 7) is 3.57. The van der Waals surface area contributed by atoms with E-state index in [-0.39, 0.29) is 18.3 Å². The lowest BCUT2D eigenvalue weighted by Gasteiger charge is -2.37. The first-order valence-corrected chi connectivity index (χ1v) is 12.1. The molecule has 0 radical (unpaired) electrons. The molecule has 11 heteroatoms. The van der Waals surface area contributed by atoms with Gasteiger partial charge in [-0.05, 0) is 61.9 Å². The summed E-state index contributed by atoms with van der Waals surface area (Å²) in [6.07, 6.45) is 0.343. The second-order valence-corrected chi connectivity index (χ2v) is 9.54. The van der Waals surface area contributed by atoms with Crippen LogP contribution in [0.3, 0.4) is 0 Å². The van der Waals surface area contributed by atoms with Crippen LogP contribution in [0.15, 0.2) is 36.7 Å². The molecule has 35 heavy (non-hydrogen) atoms. The van der Waals surface area contributed by atoms with E-state index >= 15 is 0 Å². The molecule has 3 aromatic rings. The van der Waals surface area contributed by atoms with E-state index in [1.807, 2.05) is 13.0 Å². The number of anilines is 2. The molecule has 0 bridgehead atoms.